The number of ether oxygens (including phenoxy) is 2. The third-order valence-corrected chi connectivity index (χ3v) is 4.98. The second-order valence-corrected chi connectivity index (χ2v) is 6.93. The molecule has 0 saturated heterocycles. The number of aromatic carboxylic acids is 1. The van der Waals surface area contributed by atoms with Crippen molar-refractivity contribution in [3.8, 4) is 0 Å². The molecule has 27 heavy (non-hydrogen) atoms. The molecule has 2 N–H and O–H groups in total. The minimum absolute atomic E-state index is 0.157. The summed E-state index contributed by atoms with van der Waals surface area (Å²) in [6.07, 6.45) is 2.06. The van der Waals surface area contributed by atoms with E-state index >= 15 is 0 Å². The van der Waals surface area contributed by atoms with E-state index in [1.807, 2.05) is 11.8 Å². The van der Waals surface area contributed by atoms with E-state index in [-0.39, 0.29) is 12.2 Å². The van der Waals surface area contributed by atoms with Crippen LogP contribution >= 0.6 is 12.2 Å². The number of hydrogen-bond donors (Lipinski definition) is 2. The first-order valence-corrected chi connectivity index (χ1v) is 9.14. The highest BCUT2D eigenvalue weighted by molar-refractivity contribution is 7.80. The topological polar surface area (TPSA) is 88.1 Å². The van der Waals surface area contributed by atoms with Crippen LogP contribution in [-0.2, 0) is 14.3 Å². The number of nitrogens with one attached hydrogen (secondary N) is 1. The van der Waals surface area contributed by atoms with E-state index in [0.29, 0.717) is 23.3 Å². The average molecular weight is 390 g/mol. The molecule has 0 unspecified atom stereocenters. The van der Waals surface area contributed by atoms with Crippen molar-refractivity contribution in [2.24, 2.45) is 0 Å². The zero-order valence-corrected chi connectivity index (χ0v) is 16.0. The first kappa shape index (κ1) is 19.3. The van der Waals surface area contributed by atoms with Crippen molar-refractivity contribution in [2.45, 2.75) is 31.8 Å². The highest BCUT2D eigenvalue weighted by Crippen LogP contribution is 2.38. The molecule has 1 fully saturated rings. The zero-order chi connectivity index (χ0) is 19.6. The number of hydrogen-bond acceptors (Lipinski definition) is 5. The summed E-state index contributed by atoms with van der Waals surface area (Å²) >= 11 is 5.53. The maximum atomic E-state index is 12.8. The fourth-order valence-electron chi connectivity index (χ4n) is 3.16. The Hall–Kier alpha value is -2.45. The minimum Gasteiger partial charge on any atom is -0.478 e. The summed E-state index contributed by atoms with van der Waals surface area (Å²) in [5, 5.41) is 12.9. The zero-order valence-electron chi connectivity index (χ0n) is 15.2. The lowest BCUT2D eigenvalue weighted by molar-refractivity contribution is -0.140. The van der Waals surface area contributed by atoms with Crippen molar-refractivity contribution in [2.75, 3.05) is 20.3 Å². The summed E-state index contributed by atoms with van der Waals surface area (Å²) < 4.78 is 10.3. The van der Waals surface area contributed by atoms with Crippen LogP contribution < -0.4 is 5.32 Å². The molecule has 1 aromatic carbocycles. The van der Waals surface area contributed by atoms with Crippen LogP contribution in [-0.4, -0.2) is 53.4 Å². The third kappa shape index (κ3) is 4.12. The Morgan fingerprint density at radius 2 is 1.93 bits per heavy atom. The summed E-state index contributed by atoms with van der Waals surface area (Å²) in [6, 6.07) is 6.21. The van der Waals surface area contributed by atoms with Crippen LogP contribution in [0.15, 0.2) is 35.5 Å². The first-order chi connectivity index (χ1) is 12.9. The van der Waals surface area contributed by atoms with E-state index in [1.54, 1.807) is 19.2 Å². The van der Waals surface area contributed by atoms with Crippen molar-refractivity contribution in [1.29, 1.82) is 0 Å². The largest absolute Gasteiger partial charge is 0.478 e. The summed E-state index contributed by atoms with van der Waals surface area (Å²) in [6.45, 7) is 2.34. The van der Waals surface area contributed by atoms with Gasteiger partial charge >= 0.3 is 11.9 Å². The average Bonchev–Trinajstić information content (AvgIpc) is 3.46. The molecule has 1 atom stereocenters. The van der Waals surface area contributed by atoms with Gasteiger partial charge in [0.2, 0.25) is 0 Å². The Morgan fingerprint density at radius 3 is 2.48 bits per heavy atom. The molecule has 1 aromatic rings. The molecule has 0 bridgehead atoms. The van der Waals surface area contributed by atoms with Gasteiger partial charge in [0.1, 0.15) is 6.61 Å². The first-order valence-electron chi connectivity index (χ1n) is 8.74. The molecule has 1 heterocycles. The number of allylic oxidation sites excluding steroid dienone is 1. The quantitative estimate of drug-likeness (QED) is 0.416. The van der Waals surface area contributed by atoms with Crippen molar-refractivity contribution in [3.05, 3.63) is 46.7 Å². The molecule has 0 aromatic heterocycles. The minimum atomic E-state index is -1.00. The van der Waals surface area contributed by atoms with Crippen LogP contribution in [0, 0.1) is 0 Å². The van der Waals surface area contributed by atoms with E-state index in [4.69, 9.17) is 26.8 Å². The van der Waals surface area contributed by atoms with E-state index in [0.717, 1.165) is 24.1 Å². The van der Waals surface area contributed by atoms with Crippen molar-refractivity contribution >= 4 is 29.3 Å². The Bertz CT molecular complexity index is 786. The number of esters is 1. The maximum Gasteiger partial charge on any atom is 0.338 e. The number of methoxy groups -OCH3 is 1. The lowest BCUT2D eigenvalue weighted by Gasteiger charge is -2.37. The van der Waals surface area contributed by atoms with Crippen LogP contribution in [0.2, 0.25) is 0 Å². The summed E-state index contributed by atoms with van der Waals surface area (Å²) in [5.41, 5.74) is 2.18. The van der Waals surface area contributed by atoms with E-state index < -0.39 is 18.0 Å². The van der Waals surface area contributed by atoms with Gasteiger partial charge in [0.15, 0.2) is 5.11 Å². The van der Waals surface area contributed by atoms with Gasteiger partial charge in [0, 0.05) is 18.8 Å². The Morgan fingerprint density at radius 1 is 1.26 bits per heavy atom. The second kappa shape index (κ2) is 8.06. The molecule has 7 nitrogen and oxygen atoms in total. The number of carbonyl (C=O) groups excluding carboxylic acids is 1. The molecule has 1 aliphatic carbocycles. The summed E-state index contributed by atoms with van der Waals surface area (Å²) in [7, 11) is 1.54. The normalized spacial score (nSPS) is 19.7. The van der Waals surface area contributed by atoms with E-state index in [1.165, 1.54) is 12.1 Å². The van der Waals surface area contributed by atoms with Crippen molar-refractivity contribution in [1.82, 2.24) is 10.2 Å². The fourth-order valence-corrected chi connectivity index (χ4v) is 3.56. The van der Waals surface area contributed by atoms with Gasteiger partial charge in [-0.3, -0.25) is 0 Å². The highest BCUT2D eigenvalue weighted by Gasteiger charge is 2.40. The van der Waals surface area contributed by atoms with Gasteiger partial charge < -0.3 is 24.8 Å². The van der Waals surface area contributed by atoms with E-state index in [9.17, 15) is 9.59 Å². The lowest BCUT2D eigenvalue weighted by atomic mass is 9.94. The standard InChI is InChI=1S/C19H22N2O5S/c1-11-15(18(24)26-10-9-25-2)16(20-19(27)21(11)14-7-8-14)12-3-5-13(6-4-12)17(22)23/h3-6,14,16H,7-10H2,1-2H3,(H,20,27)(H,22,23)/t16-/m0/s1. The molecule has 1 aliphatic heterocycles. The van der Waals surface area contributed by atoms with Crippen LogP contribution in [0.25, 0.3) is 0 Å². The number of rotatable bonds is 7. The summed E-state index contributed by atoms with van der Waals surface area (Å²) in [4.78, 5) is 25.9. The third-order valence-electron chi connectivity index (χ3n) is 4.67. The Labute approximate surface area is 162 Å². The van der Waals surface area contributed by atoms with Crippen molar-refractivity contribution < 1.29 is 24.2 Å². The molecular weight excluding hydrogens is 368 g/mol. The van der Waals surface area contributed by atoms with Gasteiger partial charge in [-0.05, 0) is 49.7 Å². The molecule has 1 saturated carbocycles. The van der Waals surface area contributed by atoms with Crippen LogP contribution in [0.4, 0.5) is 0 Å². The van der Waals surface area contributed by atoms with Gasteiger partial charge in [-0.15, -0.1) is 0 Å². The molecule has 0 spiro atoms. The molecule has 0 radical (unpaired) electrons. The smallest absolute Gasteiger partial charge is 0.338 e. The highest BCUT2D eigenvalue weighted by atomic mass is 32.1. The summed E-state index contributed by atoms with van der Waals surface area (Å²) in [5.74, 6) is -1.43. The number of thiocarbonyl (C=S) groups is 1. The number of benzene rings is 1. The van der Waals surface area contributed by atoms with Gasteiger partial charge in [-0.25, -0.2) is 9.59 Å². The maximum absolute atomic E-state index is 12.8. The van der Waals surface area contributed by atoms with Crippen LogP contribution in [0.5, 0.6) is 0 Å². The van der Waals surface area contributed by atoms with Gasteiger partial charge in [0.05, 0.1) is 23.8 Å². The monoisotopic (exact) mass is 390 g/mol. The second-order valence-electron chi connectivity index (χ2n) is 6.54. The van der Waals surface area contributed by atoms with Gasteiger partial charge in [0.25, 0.3) is 0 Å². The van der Waals surface area contributed by atoms with Crippen LogP contribution in [0.1, 0.15) is 41.7 Å². The molecular formula is C19H22N2O5S. The van der Waals surface area contributed by atoms with Gasteiger partial charge in [-0.2, -0.15) is 0 Å². The fraction of sp³-hybridized carbons (Fsp3) is 0.421. The number of carboxylic acids is 1. The number of nitrogens with zero attached hydrogens (tertiary/aromatic N) is 1. The lowest BCUT2D eigenvalue weighted by Crippen LogP contribution is -2.48. The number of carboxylic acid groups (broad SMARTS) is 1. The van der Waals surface area contributed by atoms with E-state index in [2.05, 4.69) is 5.32 Å². The Kier molecular flexibility index (Phi) is 5.76. The van der Waals surface area contributed by atoms with Crippen molar-refractivity contribution in [3.63, 3.8) is 0 Å². The molecule has 2 aliphatic rings. The molecule has 0 amide bonds. The van der Waals surface area contributed by atoms with Gasteiger partial charge in [-0.1, -0.05) is 12.1 Å². The predicted octanol–water partition coefficient (Wildman–Crippen LogP) is 2.24. The Balaban J connectivity index is 1.95. The predicted molar refractivity (Wildman–Crippen MR) is 102 cm³/mol. The molecule has 3 rings (SSSR count). The SMILES string of the molecule is COCCOC(=O)C1=C(C)N(C2CC2)C(=S)N[C@H]1c1ccc(C(=O)O)cc1. The number of carbonyl (C=O) groups is 2. The molecule has 8 heteroatoms. The molecule has 144 valence electrons. The van der Waals surface area contributed by atoms with Crippen LogP contribution in [0.3, 0.4) is 0 Å².